The van der Waals surface area contributed by atoms with Crippen molar-refractivity contribution in [2.45, 2.75) is 39.4 Å². The van der Waals surface area contributed by atoms with Gasteiger partial charge in [0.05, 0.1) is 6.16 Å². The first-order valence-electron chi connectivity index (χ1n) is 10.7. The molecule has 1 aromatic heterocycles. The van der Waals surface area contributed by atoms with Crippen LogP contribution in [0.1, 0.15) is 46.7 Å². The van der Waals surface area contributed by atoms with Crippen LogP contribution < -0.4 is 16.1 Å². The van der Waals surface area contributed by atoms with E-state index in [-0.39, 0.29) is 43.5 Å². The molecule has 3 rings (SSSR count). The van der Waals surface area contributed by atoms with Gasteiger partial charge in [0.1, 0.15) is 22.9 Å². The van der Waals surface area contributed by atoms with E-state index in [1.165, 1.54) is 4.57 Å². The largest absolute Gasteiger partial charge is 0.503 e. The van der Waals surface area contributed by atoms with E-state index < -0.39 is 59.1 Å². The molecule has 5 N–H and O–H groups in total. The summed E-state index contributed by atoms with van der Waals surface area (Å²) in [5.74, 6) is -4.02. The Labute approximate surface area is 199 Å². The summed E-state index contributed by atoms with van der Waals surface area (Å²) in [6, 6.07) is 2.28. The van der Waals surface area contributed by atoms with Gasteiger partial charge < -0.3 is 30.1 Å². The summed E-state index contributed by atoms with van der Waals surface area (Å²) < 4.78 is 39.2. The van der Waals surface area contributed by atoms with Gasteiger partial charge in [-0.2, -0.15) is 0 Å². The highest BCUT2D eigenvalue weighted by Gasteiger charge is 2.44. The van der Waals surface area contributed by atoms with Crippen molar-refractivity contribution < 1.29 is 37.8 Å². The lowest BCUT2D eigenvalue weighted by Crippen LogP contribution is -2.54. The van der Waals surface area contributed by atoms with Gasteiger partial charge in [0.15, 0.2) is 11.5 Å². The number of hydrogen-bond acceptors (Lipinski definition) is 6. The van der Waals surface area contributed by atoms with Gasteiger partial charge in [0.25, 0.3) is 5.91 Å². The Morgan fingerprint density at radius 2 is 1.94 bits per heavy atom. The van der Waals surface area contributed by atoms with E-state index in [2.05, 4.69) is 10.6 Å². The van der Waals surface area contributed by atoms with Crippen molar-refractivity contribution in [1.29, 1.82) is 0 Å². The van der Waals surface area contributed by atoms with Crippen LogP contribution in [0.4, 0.5) is 8.78 Å². The fraction of sp³-hybridized carbons (Fsp3) is 0.409. The summed E-state index contributed by atoms with van der Waals surface area (Å²) >= 11 is 0. The Hall–Kier alpha value is -2.92. The van der Waals surface area contributed by atoms with E-state index in [4.69, 9.17) is 9.79 Å². The van der Waals surface area contributed by atoms with Crippen molar-refractivity contribution in [2.75, 3.05) is 12.7 Å². The molecule has 0 radical (unpaired) electrons. The van der Waals surface area contributed by atoms with Crippen LogP contribution in [0.2, 0.25) is 0 Å². The number of benzene rings is 1. The van der Waals surface area contributed by atoms with E-state index in [1.807, 2.05) is 0 Å². The SMILES string of the molecule is CC1(C)C(=O)c2c(O)c(=O)c(C(=O)NCc3ccc(F)cc3F)cn2CC1NCCCP(=O)(O)O. The molecule has 10 nitrogen and oxygen atoms in total. The summed E-state index contributed by atoms with van der Waals surface area (Å²) in [6.45, 7) is 3.15. The number of halogens is 2. The van der Waals surface area contributed by atoms with Crippen LogP contribution in [-0.4, -0.2) is 49.9 Å². The fourth-order valence-corrected chi connectivity index (χ4v) is 4.47. The number of rotatable bonds is 8. The zero-order chi connectivity index (χ0) is 26.1. The van der Waals surface area contributed by atoms with Crippen molar-refractivity contribution >= 4 is 19.3 Å². The maximum atomic E-state index is 13.8. The maximum absolute atomic E-state index is 13.8. The third-order valence-corrected chi connectivity index (χ3v) is 6.92. The molecule has 1 unspecified atom stereocenters. The van der Waals surface area contributed by atoms with Crippen LogP contribution in [0.3, 0.4) is 0 Å². The molecular weight excluding hydrogens is 487 g/mol. The molecule has 1 aliphatic heterocycles. The molecule has 1 atom stereocenters. The average Bonchev–Trinajstić information content (AvgIpc) is 2.75. The van der Waals surface area contributed by atoms with Crippen LogP contribution in [0.15, 0.2) is 29.2 Å². The monoisotopic (exact) mass is 513 g/mol. The summed E-state index contributed by atoms with van der Waals surface area (Å²) in [5, 5.41) is 15.9. The van der Waals surface area contributed by atoms with E-state index >= 15 is 0 Å². The molecule has 0 spiro atoms. The Kier molecular flexibility index (Phi) is 7.61. The third kappa shape index (κ3) is 5.84. The van der Waals surface area contributed by atoms with Gasteiger partial charge in [-0.3, -0.25) is 18.9 Å². The molecule has 0 saturated heterocycles. The molecule has 1 amide bonds. The molecule has 1 aromatic carbocycles. The number of fused-ring (bicyclic) bond motifs is 1. The molecule has 190 valence electrons. The number of carbonyl (C=O) groups excluding carboxylic acids is 2. The van der Waals surface area contributed by atoms with Crippen LogP contribution >= 0.6 is 7.60 Å². The van der Waals surface area contributed by atoms with Gasteiger partial charge in [0, 0.05) is 42.4 Å². The van der Waals surface area contributed by atoms with Crippen molar-refractivity contribution in [3.05, 3.63) is 63.1 Å². The minimum absolute atomic E-state index is 0.0152. The maximum Gasteiger partial charge on any atom is 0.325 e. The molecule has 0 fully saturated rings. The number of ketones is 1. The summed E-state index contributed by atoms with van der Waals surface area (Å²) in [5.41, 5.74) is -2.88. The van der Waals surface area contributed by atoms with Gasteiger partial charge in [-0.05, 0) is 19.0 Å². The highest BCUT2D eigenvalue weighted by Crippen LogP contribution is 2.36. The van der Waals surface area contributed by atoms with E-state index in [0.29, 0.717) is 6.07 Å². The number of hydrogen-bond donors (Lipinski definition) is 5. The molecule has 2 heterocycles. The average molecular weight is 513 g/mol. The van der Waals surface area contributed by atoms with Gasteiger partial charge in [-0.1, -0.05) is 19.9 Å². The second kappa shape index (κ2) is 9.98. The molecule has 35 heavy (non-hydrogen) atoms. The Balaban J connectivity index is 1.83. The number of amides is 1. The Bertz CT molecular complexity index is 1270. The number of nitrogens with one attached hydrogen (secondary N) is 2. The second-order valence-corrected chi connectivity index (χ2v) is 10.7. The number of carbonyl (C=O) groups is 2. The quantitative estimate of drug-likeness (QED) is 0.263. The summed E-state index contributed by atoms with van der Waals surface area (Å²) in [4.78, 5) is 56.4. The first-order valence-corrected chi connectivity index (χ1v) is 12.5. The number of aromatic hydroxyl groups is 1. The normalized spacial score (nSPS) is 17.2. The first kappa shape index (κ1) is 26.7. The lowest BCUT2D eigenvalue weighted by atomic mass is 9.75. The molecule has 0 bridgehead atoms. The minimum atomic E-state index is -4.16. The summed E-state index contributed by atoms with van der Waals surface area (Å²) in [7, 11) is -4.16. The van der Waals surface area contributed by atoms with Crippen LogP contribution in [-0.2, 0) is 17.7 Å². The smallest absolute Gasteiger partial charge is 0.325 e. The van der Waals surface area contributed by atoms with Gasteiger partial charge in [0.2, 0.25) is 5.43 Å². The van der Waals surface area contributed by atoms with Crippen molar-refractivity contribution in [2.24, 2.45) is 5.41 Å². The van der Waals surface area contributed by atoms with Gasteiger partial charge >= 0.3 is 7.60 Å². The molecule has 2 aromatic rings. The molecular formula is C22H26F2N3O7P. The minimum Gasteiger partial charge on any atom is -0.503 e. The fourth-order valence-electron chi connectivity index (χ4n) is 3.90. The molecule has 1 aliphatic rings. The van der Waals surface area contributed by atoms with Gasteiger partial charge in [-0.15, -0.1) is 0 Å². The molecule has 0 aliphatic carbocycles. The first-order chi connectivity index (χ1) is 16.2. The standard InChI is InChI=1S/C22H26F2N3O7P/c1-22(2)16(25-6-3-7-35(32,33)34)11-27-10-14(18(28)19(29)17(27)20(22)30)21(31)26-9-12-4-5-13(23)8-15(12)24/h4-5,8,10,16,25,29H,3,6-7,9,11H2,1-2H3,(H,26,31)(H2,32,33,34). The predicted molar refractivity (Wildman–Crippen MR) is 121 cm³/mol. The van der Waals surface area contributed by atoms with Crippen LogP contribution in [0.25, 0.3) is 0 Å². The Morgan fingerprint density at radius 1 is 1.26 bits per heavy atom. The highest BCUT2D eigenvalue weighted by molar-refractivity contribution is 7.51. The summed E-state index contributed by atoms with van der Waals surface area (Å²) in [6.07, 6.45) is 0.955. The van der Waals surface area contributed by atoms with Crippen LogP contribution in [0.5, 0.6) is 5.75 Å². The van der Waals surface area contributed by atoms with Crippen molar-refractivity contribution in [1.82, 2.24) is 15.2 Å². The topological polar surface area (TPSA) is 158 Å². The lowest BCUT2D eigenvalue weighted by molar-refractivity contribution is 0.0697. The lowest BCUT2D eigenvalue weighted by Gasteiger charge is -2.40. The number of pyridine rings is 1. The Morgan fingerprint density at radius 3 is 2.57 bits per heavy atom. The van der Waals surface area contributed by atoms with E-state index in [9.17, 15) is 32.8 Å². The second-order valence-electron chi connectivity index (χ2n) is 8.94. The number of nitrogens with zero attached hydrogens (tertiary/aromatic N) is 1. The third-order valence-electron chi connectivity index (χ3n) is 6.02. The van der Waals surface area contributed by atoms with Crippen molar-refractivity contribution in [3.8, 4) is 5.75 Å². The predicted octanol–water partition coefficient (Wildman–Crippen LogP) is 1.51. The zero-order valence-corrected chi connectivity index (χ0v) is 19.9. The molecule has 13 heteroatoms. The number of Topliss-reactive ketones (excluding diaryl/α,β-unsaturated/α-hetero) is 1. The van der Waals surface area contributed by atoms with E-state index in [1.54, 1.807) is 13.8 Å². The van der Waals surface area contributed by atoms with Crippen LogP contribution in [0, 0.1) is 17.0 Å². The van der Waals surface area contributed by atoms with E-state index in [0.717, 1.165) is 18.3 Å². The van der Waals surface area contributed by atoms with Gasteiger partial charge in [-0.25, -0.2) is 8.78 Å². The number of aromatic nitrogens is 1. The molecule has 0 saturated carbocycles. The van der Waals surface area contributed by atoms with Crippen molar-refractivity contribution in [3.63, 3.8) is 0 Å². The highest BCUT2D eigenvalue weighted by atomic mass is 31.2. The zero-order valence-electron chi connectivity index (χ0n) is 19.0.